The van der Waals surface area contributed by atoms with Crippen molar-refractivity contribution in [1.82, 2.24) is 5.32 Å². The van der Waals surface area contributed by atoms with Crippen molar-refractivity contribution < 1.29 is 18.0 Å². The average Bonchev–Trinajstić information content (AvgIpc) is 3.02. The fraction of sp³-hybridized carbons (Fsp3) is 0.391. The summed E-state index contributed by atoms with van der Waals surface area (Å²) in [5.74, 6) is -0.929. The fourth-order valence-electron chi connectivity index (χ4n) is 4.41. The van der Waals surface area contributed by atoms with Gasteiger partial charge in [-0.1, -0.05) is 61.0 Å². The molecule has 1 saturated carbocycles. The van der Waals surface area contributed by atoms with Gasteiger partial charge in [-0.25, -0.2) is 8.42 Å². The number of amides is 2. The predicted octanol–water partition coefficient (Wildman–Crippen LogP) is 4.74. The molecule has 2 aromatic rings. The maximum Gasteiger partial charge on any atom is 0.266 e. The first kappa shape index (κ1) is 23.9. The second-order valence-corrected chi connectivity index (χ2v) is 11.0. The number of fused-ring (bicyclic) bond motifs is 1. The topological polar surface area (TPSA) is 95.6 Å². The molecular formula is C23H25Cl2N3O4S. The van der Waals surface area contributed by atoms with Crippen molar-refractivity contribution in [1.29, 1.82) is 0 Å². The summed E-state index contributed by atoms with van der Waals surface area (Å²) in [4.78, 5) is 25.7. The Labute approximate surface area is 203 Å². The third-order valence-electron chi connectivity index (χ3n) is 6.01. The predicted molar refractivity (Wildman–Crippen MR) is 129 cm³/mol. The number of carbonyl (C=O) groups is 2. The first-order valence-electron chi connectivity index (χ1n) is 11.0. The number of hydrogen-bond donors (Lipinski definition) is 2. The molecule has 2 aliphatic rings. The van der Waals surface area contributed by atoms with Crippen molar-refractivity contribution in [2.75, 3.05) is 9.62 Å². The number of rotatable bonds is 5. The van der Waals surface area contributed by atoms with E-state index in [1.54, 1.807) is 24.3 Å². The summed E-state index contributed by atoms with van der Waals surface area (Å²) in [6.07, 6.45) is 5.82. The van der Waals surface area contributed by atoms with Crippen LogP contribution in [0.4, 0.5) is 11.4 Å². The lowest BCUT2D eigenvalue weighted by atomic mass is 10.1. The number of nitrogens with zero attached hydrogens (tertiary/aromatic N) is 1. The molecule has 1 fully saturated rings. The number of anilines is 2. The summed E-state index contributed by atoms with van der Waals surface area (Å²) in [5.41, 5.74) is 0.618. The zero-order valence-corrected chi connectivity index (χ0v) is 20.2. The average molecular weight is 510 g/mol. The lowest BCUT2D eigenvalue weighted by Crippen LogP contribution is -2.53. The third kappa shape index (κ3) is 5.13. The molecule has 1 aliphatic carbocycles. The molecule has 0 aromatic heterocycles. The first-order valence-corrected chi connectivity index (χ1v) is 13.2. The molecule has 0 bridgehead atoms. The van der Waals surface area contributed by atoms with Crippen LogP contribution in [0.25, 0.3) is 0 Å². The van der Waals surface area contributed by atoms with Crippen LogP contribution in [-0.2, 0) is 19.6 Å². The second-order valence-electron chi connectivity index (χ2n) is 8.36. The van der Waals surface area contributed by atoms with Crippen LogP contribution in [0.5, 0.6) is 0 Å². The van der Waals surface area contributed by atoms with Crippen LogP contribution in [0.1, 0.15) is 44.9 Å². The zero-order chi connectivity index (χ0) is 23.6. The molecule has 0 spiro atoms. The largest absolute Gasteiger partial charge is 0.353 e. The molecule has 7 nitrogen and oxygen atoms in total. The quantitative estimate of drug-likeness (QED) is 0.569. The van der Waals surface area contributed by atoms with E-state index in [0.29, 0.717) is 5.69 Å². The highest BCUT2D eigenvalue weighted by Gasteiger charge is 2.42. The Balaban J connectivity index is 1.69. The van der Waals surface area contributed by atoms with Crippen LogP contribution in [0.15, 0.2) is 47.4 Å². The lowest BCUT2D eigenvalue weighted by molar-refractivity contribution is -0.125. The SMILES string of the molecule is O=C(CC1C(=O)Nc2ccccc2N1S(=O)(=O)c1ccc(Cl)cc1Cl)NC1CCCCCC1. The number of carbonyl (C=O) groups excluding carboxylic acids is 2. The molecule has 4 rings (SSSR count). The van der Waals surface area contributed by atoms with E-state index in [1.807, 2.05) is 0 Å². The molecule has 2 aromatic carbocycles. The van der Waals surface area contributed by atoms with Crippen LogP contribution in [0, 0.1) is 0 Å². The zero-order valence-electron chi connectivity index (χ0n) is 17.9. The molecule has 1 aliphatic heterocycles. The van der Waals surface area contributed by atoms with Gasteiger partial charge < -0.3 is 10.6 Å². The summed E-state index contributed by atoms with van der Waals surface area (Å²) in [6.45, 7) is 0. The third-order valence-corrected chi connectivity index (χ3v) is 8.56. The second kappa shape index (κ2) is 9.91. The van der Waals surface area contributed by atoms with Gasteiger partial charge in [-0.15, -0.1) is 0 Å². The Morgan fingerprint density at radius 1 is 1.06 bits per heavy atom. The highest BCUT2D eigenvalue weighted by molar-refractivity contribution is 7.93. The van der Waals surface area contributed by atoms with E-state index in [0.717, 1.165) is 42.8 Å². The van der Waals surface area contributed by atoms with Gasteiger partial charge in [-0.2, -0.15) is 0 Å². The molecule has 1 atom stereocenters. The minimum absolute atomic E-state index is 0.0368. The standard InChI is InChI=1S/C23H25Cl2N3O4S/c24-15-11-12-21(17(25)13-15)33(31,32)28-19-10-6-5-9-18(19)27-23(30)20(28)14-22(29)26-16-7-3-1-2-4-8-16/h5-6,9-13,16,20H,1-4,7-8,14H2,(H,26,29)(H,27,30). The maximum atomic E-state index is 13.7. The van der Waals surface area contributed by atoms with Crippen LogP contribution in [-0.4, -0.2) is 32.3 Å². The van der Waals surface area contributed by atoms with Gasteiger partial charge in [0.05, 0.1) is 22.8 Å². The number of sulfonamides is 1. The maximum absolute atomic E-state index is 13.7. The van der Waals surface area contributed by atoms with E-state index >= 15 is 0 Å². The monoisotopic (exact) mass is 509 g/mol. The summed E-state index contributed by atoms with van der Waals surface area (Å²) in [5, 5.41) is 5.95. The van der Waals surface area contributed by atoms with E-state index in [2.05, 4.69) is 10.6 Å². The molecule has 33 heavy (non-hydrogen) atoms. The molecule has 176 valence electrons. The van der Waals surface area contributed by atoms with E-state index in [4.69, 9.17) is 23.2 Å². The molecule has 1 heterocycles. The summed E-state index contributed by atoms with van der Waals surface area (Å²) < 4.78 is 28.5. The van der Waals surface area contributed by atoms with Crippen molar-refractivity contribution in [3.63, 3.8) is 0 Å². The Morgan fingerprint density at radius 2 is 1.76 bits per heavy atom. The molecule has 2 N–H and O–H groups in total. The highest BCUT2D eigenvalue weighted by atomic mass is 35.5. The number of halogens is 2. The number of benzene rings is 2. The minimum Gasteiger partial charge on any atom is -0.353 e. The molecule has 0 radical (unpaired) electrons. The number of para-hydroxylation sites is 2. The fourth-order valence-corrected chi connectivity index (χ4v) is 6.79. The Morgan fingerprint density at radius 3 is 2.45 bits per heavy atom. The Hall–Kier alpha value is -2.29. The van der Waals surface area contributed by atoms with Crippen LogP contribution < -0.4 is 14.9 Å². The molecule has 2 amide bonds. The van der Waals surface area contributed by atoms with Crippen molar-refractivity contribution in [2.24, 2.45) is 0 Å². The molecule has 10 heteroatoms. The Kier molecular flexibility index (Phi) is 7.16. The normalized spacial score (nSPS) is 19.4. The van der Waals surface area contributed by atoms with Gasteiger partial charge in [0.15, 0.2) is 0 Å². The molecular weight excluding hydrogens is 485 g/mol. The molecule has 0 saturated heterocycles. The Bertz CT molecular complexity index is 1160. The van der Waals surface area contributed by atoms with Crippen molar-refractivity contribution in [3.05, 3.63) is 52.5 Å². The number of nitrogens with one attached hydrogen (secondary N) is 2. The minimum atomic E-state index is -4.29. The van der Waals surface area contributed by atoms with Gasteiger partial charge in [-0.3, -0.25) is 13.9 Å². The van der Waals surface area contributed by atoms with Gasteiger partial charge in [0.2, 0.25) is 11.8 Å². The summed E-state index contributed by atoms with van der Waals surface area (Å²) in [6, 6.07) is 9.40. The van der Waals surface area contributed by atoms with E-state index in [9.17, 15) is 18.0 Å². The highest BCUT2D eigenvalue weighted by Crippen LogP contribution is 2.39. The van der Waals surface area contributed by atoms with Crippen LogP contribution in [0.2, 0.25) is 10.0 Å². The van der Waals surface area contributed by atoms with Crippen LogP contribution >= 0.6 is 23.2 Å². The van der Waals surface area contributed by atoms with Gasteiger partial charge in [0.25, 0.3) is 10.0 Å². The van der Waals surface area contributed by atoms with Crippen LogP contribution in [0.3, 0.4) is 0 Å². The van der Waals surface area contributed by atoms with Gasteiger partial charge >= 0.3 is 0 Å². The lowest BCUT2D eigenvalue weighted by Gasteiger charge is -2.37. The van der Waals surface area contributed by atoms with Gasteiger partial charge in [0, 0.05) is 11.1 Å². The summed E-state index contributed by atoms with van der Waals surface area (Å²) >= 11 is 12.2. The van der Waals surface area contributed by atoms with Gasteiger partial charge in [0.1, 0.15) is 10.9 Å². The van der Waals surface area contributed by atoms with E-state index in [-0.39, 0.29) is 39.0 Å². The smallest absolute Gasteiger partial charge is 0.266 e. The van der Waals surface area contributed by atoms with Gasteiger partial charge in [-0.05, 0) is 43.2 Å². The van der Waals surface area contributed by atoms with Crippen molar-refractivity contribution in [3.8, 4) is 0 Å². The van der Waals surface area contributed by atoms with E-state index in [1.165, 1.54) is 18.2 Å². The van der Waals surface area contributed by atoms with Crippen molar-refractivity contribution >= 4 is 56.4 Å². The van der Waals surface area contributed by atoms with E-state index < -0.39 is 22.0 Å². The first-order chi connectivity index (χ1) is 15.8. The summed E-state index contributed by atoms with van der Waals surface area (Å²) in [7, 11) is -4.29. The van der Waals surface area contributed by atoms with Crippen molar-refractivity contribution in [2.45, 2.75) is 61.9 Å². The number of hydrogen-bond acceptors (Lipinski definition) is 4. The molecule has 1 unspecified atom stereocenters.